The van der Waals surface area contributed by atoms with Crippen LogP contribution in [0.25, 0.3) is 26.5 Å². The monoisotopic (exact) mass is 543 g/mol. The number of allylic oxidation sites excluding steroid dienone is 1. The van der Waals surface area contributed by atoms with E-state index in [4.69, 9.17) is 9.47 Å². The molecule has 0 aliphatic heterocycles. The van der Waals surface area contributed by atoms with Gasteiger partial charge < -0.3 is 14.4 Å². The van der Waals surface area contributed by atoms with Crippen LogP contribution < -0.4 is 14.4 Å². The third-order valence-electron chi connectivity index (χ3n) is 6.64. The van der Waals surface area contributed by atoms with Gasteiger partial charge in [-0.2, -0.15) is 10.5 Å². The Hall–Kier alpha value is -4.82. The second-order valence-corrected chi connectivity index (χ2v) is 10.9. The average Bonchev–Trinajstić information content (AvgIpc) is 3.70. The van der Waals surface area contributed by atoms with Gasteiger partial charge in [0.2, 0.25) is 0 Å². The molecule has 1 aliphatic rings. The molecule has 0 amide bonds. The summed E-state index contributed by atoms with van der Waals surface area (Å²) < 4.78 is 10.7. The van der Waals surface area contributed by atoms with Crippen molar-refractivity contribution in [2.45, 2.75) is 0 Å². The van der Waals surface area contributed by atoms with Crippen molar-refractivity contribution in [2.24, 2.45) is 0 Å². The molecular formula is C32H21N3O2S2. The summed E-state index contributed by atoms with van der Waals surface area (Å²) in [6, 6.07) is 34.6. The lowest BCUT2D eigenvalue weighted by Crippen LogP contribution is -2.08. The van der Waals surface area contributed by atoms with Gasteiger partial charge in [0.05, 0.1) is 14.2 Å². The van der Waals surface area contributed by atoms with Crippen LogP contribution in [-0.4, -0.2) is 14.2 Å². The Morgan fingerprint density at radius 2 is 1.26 bits per heavy atom. The molecule has 0 unspecified atom stereocenters. The first-order chi connectivity index (χ1) is 19.1. The molecule has 1 aliphatic carbocycles. The van der Waals surface area contributed by atoms with E-state index in [1.165, 1.54) is 0 Å². The van der Waals surface area contributed by atoms with Crippen molar-refractivity contribution in [3.05, 3.63) is 107 Å². The normalized spacial score (nSPS) is 11.2. The van der Waals surface area contributed by atoms with Gasteiger partial charge in [0.25, 0.3) is 0 Å². The van der Waals surface area contributed by atoms with E-state index in [0.717, 1.165) is 64.8 Å². The molecule has 0 N–H and O–H groups in total. The zero-order valence-electron chi connectivity index (χ0n) is 21.1. The molecule has 0 radical (unpaired) electrons. The molecular weight excluding hydrogens is 523 g/mol. The van der Waals surface area contributed by atoms with Gasteiger partial charge >= 0.3 is 0 Å². The van der Waals surface area contributed by atoms with Gasteiger partial charge in [-0.1, -0.05) is 24.3 Å². The molecule has 6 rings (SSSR count). The predicted molar refractivity (Wildman–Crippen MR) is 158 cm³/mol. The molecule has 7 heteroatoms. The standard InChI is InChI=1S/C32H21N3O2S2/c1-36-23-11-7-21(8-12-23)35(22-9-13-24(37-2)14-10-22)30-16-15-28(38-30)29-17-27-25-5-3-4-6-26(25)31(32(27)39-29)20(18-33)19-34/h3-17H,1-2H3. The number of nitrogens with zero attached hydrogens (tertiary/aromatic N) is 3. The fourth-order valence-electron chi connectivity index (χ4n) is 4.79. The molecule has 0 bridgehead atoms. The van der Waals surface area contributed by atoms with Crippen molar-refractivity contribution in [3.63, 3.8) is 0 Å². The highest BCUT2D eigenvalue weighted by atomic mass is 32.1. The van der Waals surface area contributed by atoms with Gasteiger partial charge in [0, 0.05) is 37.1 Å². The van der Waals surface area contributed by atoms with E-state index in [1.807, 2.05) is 66.7 Å². The lowest BCUT2D eigenvalue weighted by atomic mass is 10.0. The minimum atomic E-state index is 0.145. The lowest BCUT2D eigenvalue weighted by Gasteiger charge is -2.24. The summed E-state index contributed by atoms with van der Waals surface area (Å²) in [6.07, 6.45) is 0. The molecule has 5 nitrogen and oxygen atoms in total. The molecule has 0 fully saturated rings. The van der Waals surface area contributed by atoms with Gasteiger partial charge in [0.15, 0.2) is 0 Å². The first-order valence-electron chi connectivity index (χ1n) is 12.1. The number of nitriles is 2. The minimum absolute atomic E-state index is 0.145. The van der Waals surface area contributed by atoms with E-state index in [-0.39, 0.29) is 5.57 Å². The summed E-state index contributed by atoms with van der Waals surface area (Å²) in [7, 11) is 3.32. The van der Waals surface area contributed by atoms with E-state index in [9.17, 15) is 10.5 Å². The fraction of sp³-hybridized carbons (Fsp3) is 0.0625. The highest BCUT2D eigenvalue weighted by Crippen LogP contribution is 2.53. The number of methoxy groups -OCH3 is 2. The fourth-order valence-corrected chi connectivity index (χ4v) is 7.16. The van der Waals surface area contributed by atoms with Gasteiger partial charge in [-0.15, -0.1) is 22.7 Å². The molecule has 2 heterocycles. The molecule has 5 aromatic rings. The SMILES string of the molecule is COc1ccc(N(c2ccc(OC)cc2)c2ccc(-c3cc4c(s3)C(=C(C#N)C#N)c3ccccc3-4)s2)cc1. The number of fused-ring (bicyclic) bond motifs is 3. The van der Waals surface area contributed by atoms with Gasteiger partial charge in [-0.25, -0.2) is 0 Å². The highest BCUT2D eigenvalue weighted by molar-refractivity contribution is 7.25. The number of anilines is 3. The third kappa shape index (κ3) is 4.24. The van der Waals surface area contributed by atoms with Gasteiger partial charge in [0.1, 0.15) is 34.2 Å². The number of ether oxygens (including phenoxy) is 2. The average molecular weight is 544 g/mol. The number of hydrogen-bond donors (Lipinski definition) is 0. The summed E-state index contributed by atoms with van der Waals surface area (Å²) in [4.78, 5) is 5.39. The Labute approximate surface area is 234 Å². The number of thiophene rings is 2. The van der Waals surface area contributed by atoms with Crippen LogP contribution in [0.15, 0.2) is 96.6 Å². The maximum Gasteiger partial charge on any atom is 0.138 e. The van der Waals surface area contributed by atoms with Crippen LogP contribution >= 0.6 is 22.7 Å². The Bertz CT molecular complexity index is 1740. The van der Waals surface area contributed by atoms with Crippen LogP contribution in [0.2, 0.25) is 0 Å². The summed E-state index contributed by atoms with van der Waals surface area (Å²) in [5.74, 6) is 1.60. The van der Waals surface area contributed by atoms with Crippen molar-refractivity contribution in [2.75, 3.05) is 19.1 Å². The smallest absolute Gasteiger partial charge is 0.138 e. The van der Waals surface area contributed by atoms with Crippen molar-refractivity contribution < 1.29 is 9.47 Å². The summed E-state index contributed by atoms with van der Waals surface area (Å²) in [6.45, 7) is 0. The van der Waals surface area contributed by atoms with E-state index in [1.54, 1.807) is 36.9 Å². The molecule has 188 valence electrons. The molecule has 3 aromatic carbocycles. The third-order valence-corrected chi connectivity index (χ3v) is 9.05. The second kappa shape index (κ2) is 10.2. The summed E-state index contributed by atoms with van der Waals surface area (Å²) in [5, 5.41) is 20.4. The van der Waals surface area contributed by atoms with Crippen molar-refractivity contribution in [1.82, 2.24) is 0 Å². The summed E-state index contributed by atoms with van der Waals surface area (Å²) >= 11 is 3.31. The first kappa shape index (κ1) is 24.5. The largest absolute Gasteiger partial charge is 0.497 e. The van der Waals surface area contributed by atoms with Crippen LogP contribution in [0.4, 0.5) is 16.4 Å². The van der Waals surface area contributed by atoms with Crippen molar-refractivity contribution in [1.29, 1.82) is 10.5 Å². The van der Waals surface area contributed by atoms with Gasteiger partial charge in [-0.05, 0) is 77.9 Å². The molecule has 2 aromatic heterocycles. The Kier molecular flexibility index (Phi) is 6.38. The molecule has 39 heavy (non-hydrogen) atoms. The second-order valence-electron chi connectivity index (χ2n) is 8.74. The highest BCUT2D eigenvalue weighted by Gasteiger charge is 2.29. The van der Waals surface area contributed by atoms with Crippen LogP contribution in [0.3, 0.4) is 0 Å². The Balaban J connectivity index is 1.44. The minimum Gasteiger partial charge on any atom is -0.497 e. The zero-order valence-corrected chi connectivity index (χ0v) is 22.8. The van der Waals surface area contributed by atoms with Crippen molar-refractivity contribution >= 4 is 44.6 Å². The Morgan fingerprint density at radius 1 is 0.667 bits per heavy atom. The van der Waals surface area contributed by atoms with E-state index >= 15 is 0 Å². The molecule has 0 saturated heterocycles. The van der Waals surface area contributed by atoms with Crippen molar-refractivity contribution in [3.8, 4) is 44.5 Å². The topological polar surface area (TPSA) is 69.3 Å². The maximum absolute atomic E-state index is 9.66. The first-order valence-corrected chi connectivity index (χ1v) is 13.8. The Morgan fingerprint density at radius 3 is 1.82 bits per heavy atom. The van der Waals surface area contributed by atoms with E-state index in [2.05, 4.69) is 41.3 Å². The molecule has 0 saturated carbocycles. The zero-order chi connectivity index (χ0) is 26.9. The van der Waals surface area contributed by atoms with Crippen LogP contribution in [0.1, 0.15) is 10.4 Å². The van der Waals surface area contributed by atoms with E-state index in [0.29, 0.717) is 0 Å². The van der Waals surface area contributed by atoms with E-state index < -0.39 is 0 Å². The molecule has 0 atom stereocenters. The van der Waals surface area contributed by atoms with Crippen LogP contribution in [0, 0.1) is 22.7 Å². The number of hydrogen-bond acceptors (Lipinski definition) is 7. The maximum atomic E-state index is 9.66. The number of rotatable bonds is 6. The lowest BCUT2D eigenvalue weighted by molar-refractivity contribution is 0.415. The summed E-state index contributed by atoms with van der Waals surface area (Å²) in [5.41, 5.74) is 5.97. The van der Waals surface area contributed by atoms with Gasteiger partial charge in [-0.3, -0.25) is 0 Å². The number of benzene rings is 3. The predicted octanol–water partition coefficient (Wildman–Crippen LogP) is 8.79. The van der Waals surface area contributed by atoms with Crippen LogP contribution in [0.5, 0.6) is 11.5 Å². The molecule has 0 spiro atoms. The quantitative estimate of drug-likeness (QED) is 0.196. The van der Waals surface area contributed by atoms with Crippen LogP contribution in [-0.2, 0) is 0 Å².